The summed E-state index contributed by atoms with van der Waals surface area (Å²) in [5, 5.41) is 5.81. The van der Waals surface area contributed by atoms with Crippen molar-refractivity contribution in [1.82, 2.24) is 4.98 Å². The third-order valence-corrected chi connectivity index (χ3v) is 4.83. The molecule has 112 valence electrons. The van der Waals surface area contributed by atoms with E-state index in [0.717, 1.165) is 26.6 Å². The van der Waals surface area contributed by atoms with Gasteiger partial charge in [0.15, 0.2) is 5.13 Å². The third kappa shape index (κ3) is 2.47. The fraction of sp³-hybridized carbons (Fsp3) is 0.0526. The lowest BCUT2D eigenvalue weighted by Gasteiger charge is -2.04. The first-order valence-electron chi connectivity index (χ1n) is 7.37. The van der Waals surface area contributed by atoms with Crippen molar-refractivity contribution in [3.8, 4) is 0 Å². The van der Waals surface area contributed by atoms with Crippen LogP contribution >= 0.6 is 11.3 Å². The maximum absolute atomic E-state index is 12.4. The number of carbonyl (C=O) groups excluding carboxylic acids is 1. The number of aryl methyl sites for hydroxylation is 1. The van der Waals surface area contributed by atoms with Crippen LogP contribution in [0.5, 0.6) is 0 Å². The molecule has 0 saturated carbocycles. The zero-order chi connectivity index (χ0) is 15.8. The van der Waals surface area contributed by atoms with Gasteiger partial charge in [0.25, 0.3) is 5.91 Å². The van der Waals surface area contributed by atoms with E-state index in [1.165, 1.54) is 11.3 Å². The number of benzene rings is 3. The number of fused-ring (bicyclic) bond motifs is 3. The Morgan fingerprint density at radius 3 is 2.65 bits per heavy atom. The molecule has 0 fully saturated rings. The smallest absolute Gasteiger partial charge is 0.257 e. The second-order valence-electron chi connectivity index (χ2n) is 5.42. The van der Waals surface area contributed by atoms with Gasteiger partial charge in [0, 0.05) is 10.9 Å². The Labute approximate surface area is 137 Å². The number of thiazole rings is 1. The first-order chi connectivity index (χ1) is 11.2. The molecule has 0 spiro atoms. The van der Waals surface area contributed by atoms with Crippen molar-refractivity contribution in [2.24, 2.45) is 0 Å². The van der Waals surface area contributed by atoms with Crippen LogP contribution in [0.15, 0.2) is 60.7 Å². The van der Waals surface area contributed by atoms with Crippen LogP contribution in [-0.4, -0.2) is 10.9 Å². The van der Waals surface area contributed by atoms with Crippen LogP contribution < -0.4 is 5.32 Å². The second kappa shape index (κ2) is 5.48. The monoisotopic (exact) mass is 318 g/mol. The summed E-state index contributed by atoms with van der Waals surface area (Å²) in [5.74, 6) is -0.119. The van der Waals surface area contributed by atoms with E-state index in [4.69, 9.17) is 0 Å². The third-order valence-electron chi connectivity index (χ3n) is 3.89. The first kappa shape index (κ1) is 13.9. The molecule has 0 unspecified atom stereocenters. The summed E-state index contributed by atoms with van der Waals surface area (Å²) in [7, 11) is 0. The molecule has 0 saturated heterocycles. The van der Waals surface area contributed by atoms with Gasteiger partial charge in [-0.3, -0.25) is 10.1 Å². The highest BCUT2D eigenvalue weighted by molar-refractivity contribution is 7.22. The predicted molar refractivity (Wildman–Crippen MR) is 96.3 cm³/mol. The molecule has 0 aliphatic heterocycles. The van der Waals surface area contributed by atoms with E-state index >= 15 is 0 Å². The second-order valence-corrected chi connectivity index (χ2v) is 6.45. The molecule has 0 atom stereocenters. The van der Waals surface area contributed by atoms with Crippen LogP contribution in [0.3, 0.4) is 0 Å². The highest BCUT2D eigenvalue weighted by atomic mass is 32.1. The van der Waals surface area contributed by atoms with E-state index in [9.17, 15) is 4.79 Å². The highest BCUT2D eigenvalue weighted by Crippen LogP contribution is 2.31. The minimum atomic E-state index is -0.119. The van der Waals surface area contributed by atoms with E-state index < -0.39 is 0 Å². The van der Waals surface area contributed by atoms with E-state index in [-0.39, 0.29) is 5.91 Å². The van der Waals surface area contributed by atoms with Crippen LogP contribution in [0.4, 0.5) is 5.13 Å². The van der Waals surface area contributed by atoms with Crippen molar-refractivity contribution in [3.05, 3.63) is 71.8 Å². The zero-order valence-corrected chi connectivity index (χ0v) is 13.4. The summed E-state index contributed by atoms with van der Waals surface area (Å²) in [6.07, 6.45) is 0. The molecule has 23 heavy (non-hydrogen) atoms. The van der Waals surface area contributed by atoms with Crippen LogP contribution in [0.25, 0.3) is 21.0 Å². The summed E-state index contributed by atoms with van der Waals surface area (Å²) in [6.45, 7) is 1.93. The molecule has 1 aromatic heterocycles. The van der Waals surface area contributed by atoms with Gasteiger partial charge in [0.05, 0.1) is 10.2 Å². The van der Waals surface area contributed by atoms with Crippen molar-refractivity contribution in [2.45, 2.75) is 6.92 Å². The lowest BCUT2D eigenvalue weighted by molar-refractivity contribution is 0.102. The molecule has 4 heteroatoms. The van der Waals surface area contributed by atoms with Gasteiger partial charge in [0.2, 0.25) is 0 Å². The Morgan fingerprint density at radius 2 is 1.78 bits per heavy atom. The van der Waals surface area contributed by atoms with Gasteiger partial charge in [-0.25, -0.2) is 4.98 Å². The van der Waals surface area contributed by atoms with Gasteiger partial charge in [-0.2, -0.15) is 0 Å². The van der Waals surface area contributed by atoms with Crippen molar-refractivity contribution in [3.63, 3.8) is 0 Å². The molecule has 0 aliphatic carbocycles. The van der Waals surface area contributed by atoms with Crippen molar-refractivity contribution in [2.75, 3.05) is 5.32 Å². The van der Waals surface area contributed by atoms with Crippen LogP contribution in [0, 0.1) is 6.92 Å². The van der Waals surface area contributed by atoms with Crippen molar-refractivity contribution in [1.29, 1.82) is 0 Å². The van der Waals surface area contributed by atoms with E-state index in [1.54, 1.807) is 0 Å². The van der Waals surface area contributed by atoms with E-state index in [1.807, 2.05) is 43.3 Å². The summed E-state index contributed by atoms with van der Waals surface area (Å²) >= 11 is 1.50. The van der Waals surface area contributed by atoms with E-state index in [0.29, 0.717) is 10.7 Å². The number of hydrogen-bond donors (Lipinski definition) is 1. The number of nitrogens with zero attached hydrogens (tertiary/aromatic N) is 1. The molecular weight excluding hydrogens is 304 g/mol. The average molecular weight is 318 g/mol. The van der Waals surface area contributed by atoms with Gasteiger partial charge in [-0.05, 0) is 30.0 Å². The average Bonchev–Trinajstić information content (AvgIpc) is 2.98. The normalized spacial score (nSPS) is 11.0. The first-order valence-corrected chi connectivity index (χ1v) is 8.19. The Balaban J connectivity index is 1.74. The number of hydrogen-bond acceptors (Lipinski definition) is 3. The van der Waals surface area contributed by atoms with Crippen LogP contribution in [0.2, 0.25) is 0 Å². The fourth-order valence-electron chi connectivity index (χ4n) is 2.71. The summed E-state index contributed by atoms with van der Waals surface area (Å²) in [5.41, 5.74) is 2.57. The van der Waals surface area contributed by atoms with Gasteiger partial charge in [-0.15, -0.1) is 0 Å². The van der Waals surface area contributed by atoms with Gasteiger partial charge < -0.3 is 0 Å². The molecule has 1 heterocycles. The SMILES string of the molecule is Cc1ccccc1C(=O)Nc1nc2c(ccc3ccccc32)s1. The molecule has 1 amide bonds. The largest absolute Gasteiger partial charge is 0.298 e. The minimum absolute atomic E-state index is 0.119. The Bertz CT molecular complexity index is 1040. The van der Waals surface area contributed by atoms with E-state index in [2.05, 4.69) is 34.6 Å². The number of rotatable bonds is 2. The van der Waals surface area contributed by atoms with Crippen molar-refractivity contribution < 1.29 is 4.79 Å². The van der Waals surface area contributed by atoms with Gasteiger partial charge in [-0.1, -0.05) is 59.9 Å². The molecule has 0 radical (unpaired) electrons. The quantitative estimate of drug-likeness (QED) is 0.564. The molecule has 1 N–H and O–H groups in total. The van der Waals surface area contributed by atoms with Gasteiger partial charge in [0.1, 0.15) is 0 Å². The number of nitrogens with one attached hydrogen (secondary N) is 1. The van der Waals surface area contributed by atoms with Crippen LogP contribution in [0.1, 0.15) is 15.9 Å². The number of amides is 1. The Morgan fingerprint density at radius 1 is 1.00 bits per heavy atom. The number of anilines is 1. The molecule has 4 aromatic rings. The van der Waals surface area contributed by atoms with Crippen LogP contribution in [-0.2, 0) is 0 Å². The molecule has 0 bridgehead atoms. The molecule has 3 aromatic carbocycles. The Hall–Kier alpha value is -2.72. The lowest BCUT2D eigenvalue weighted by Crippen LogP contribution is -2.12. The fourth-order valence-corrected chi connectivity index (χ4v) is 3.58. The molecular formula is C19H14N2OS. The minimum Gasteiger partial charge on any atom is -0.298 e. The summed E-state index contributed by atoms with van der Waals surface area (Å²) < 4.78 is 1.07. The number of aromatic nitrogens is 1. The lowest BCUT2D eigenvalue weighted by atomic mass is 10.1. The zero-order valence-electron chi connectivity index (χ0n) is 12.5. The molecule has 4 rings (SSSR count). The maximum atomic E-state index is 12.4. The molecule has 3 nitrogen and oxygen atoms in total. The Kier molecular flexibility index (Phi) is 3.32. The number of carbonyl (C=O) groups is 1. The van der Waals surface area contributed by atoms with Crippen molar-refractivity contribution >= 4 is 43.4 Å². The summed E-state index contributed by atoms with van der Waals surface area (Å²) in [6, 6.07) is 19.8. The van der Waals surface area contributed by atoms with Gasteiger partial charge >= 0.3 is 0 Å². The highest BCUT2D eigenvalue weighted by Gasteiger charge is 2.12. The molecule has 0 aliphatic rings. The topological polar surface area (TPSA) is 42.0 Å². The standard InChI is InChI=1S/C19H14N2OS/c1-12-6-2-4-8-14(12)18(22)21-19-20-17-15-9-5-3-7-13(15)10-11-16(17)23-19/h2-11H,1H3,(H,20,21,22). The maximum Gasteiger partial charge on any atom is 0.257 e. The summed E-state index contributed by atoms with van der Waals surface area (Å²) in [4.78, 5) is 17.1. The predicted octanol–water partition coefficient (Wildman–Crippen LogP) is 5.01.